The lowest BCUT2D eigenvalue weighted by Crippen LogP contribution is -2.63. The van der Waals surface area contributed by atoms with E-state index in [0.29, 0.717) is 12.8 Å². The second-order valence-corrected chi connectivity index (χ2v) is 11.4. The maximum atomic E-state index is 13.5. The zero-order valence-electron chi connectivity index (χ0n) is 26.2. The van der Waals surface area contributed by atoms with Crippen LogP contribution in [0.25, 0.3) is 0 Å². The van der Waals surface area contributed by atoms with Crippen LogP contribution in [0, 0.1) is 0 Å². The fourth-order valence-corrected chi connectivity index (χ4v) is 4.94. The second kappa shape index (κ2) is 16.1. The molecule has 0 radical (unpaired) electrons. The van der Waals surface area contributed by atoms with Crippen molar-refractivity contribution in [3.05, 3.63) is 132 Å². The van der Waals surface area contributed by atoms with E-state index in [-0.39, 0.29) is 16.7 Å². The second-order valence-electron chi connectivity index (χ2n) is 11.4. The maximum absolute atomic E-state index is 13.5. The summed E-state index contributed by atoms with van der Waals surface area (Å²) in [7, 11) is 0. The molecule has 1 saturated heterocycles. The predicted octanol–water partition coefficient (Wildman–Crippen LogP) is 6.09. The summed E-state index contributed by atoms with van der Waals surface area (Å²) in [6.45, 7) is 9.10. The molecule has 0 aromatic heterocycles. The summed E-state index contributed by atoms with van der Waals surface area (Å²) in [6, 6.07) is 24.7. The molecule has 0 saturated carbocycles. The molecule has 0 spiro atoms. The number of aliphatic hydroxyl groups is 1. The van der Waals surface area contributed by atoms with Crippen molar-refractivity contribution in [2.75, 3.05) is 6.61 Å². The fourth-order valence-electron chi connectivity index (χ4n) is 4.94. The van der Waals surface area contributed by atoms with Crippen molar-refractivity contribution >= 4 is 17.9 Å². The van der Waals surface area contributed by atoms with E-state index >= 15 is 0 Å². The number of esters is 3. The number of carbonyl (C=O) groups is 3. The highest BCUT2D eigenvalue weighted by Gasteiger charge is 2.54. The summed E-state index contributed by atoms with van der Waals surface area (Å²) in [5, 5.41) is 10.5. The van der Waals surface area contributed by atoms with Gasteiger partial charge in [-0.05, 0) is 70.0 Å². The summed E-state index contributed by atoms with van der Waals surface area (Å²) in [6.07, 6.45) is -2.03. The first-order chi connectivity index (χ1) is 22.1. The third-order valence-corrected chi connectivity index (χ3v) is 7.54. The molecule has 4 rings (SSSR count). The normalized spacial score (nSPS) is 22.0. The number of ether oxygens (including phenoxy) is 5. The van der Waals surface area contributed by atoms with E-state index in [1.807, 2.05) is 13.8 Å². The van der Waals surface area contributed by atoms with Crippen LogP contribution in [0.1, 0.15) is 64.7 Å². The molecule has 1 heterocycles. The highest BCUT2D eigenvalue weighted by molar-refractivity contribution is 5.91. The average Bonchev–Trinajstić information content (AvgIpc) is 3.07. The van der Waals surface area contributed by atoms with Crippen molar-refractivity contribution in [1.82, 2.24) is 0 Å². The summed E-state index contributed by atoms with van der Waals surface area (Å²) in [5.74, 6) is -2.26. The van der Waals surface area contributed by atoms with Crippen LogP contribution in [0.4, 0.5) is 0 Å². The molecule has 3 aromatic rings. The van der Waals surface area contributed by atoms with Crippen LogP contribution >= 0.6 is 0 Å². The molecule has 0 aliphatic carbocycles. The Morgan fingerprint density at radius 3 is 1.61 bits per heavy atom. The molecule has 0 amide bonds. The Morgan fingerprint density at radius 1 is 0.761 bits per heavy atom. The van der Waals surface area contributed by atoms with E-state index in [1.54, 1.807) is 104 Å². The smallest absolute Gasteiger partial charge is 0.338 e. The number of allylic oxidation sites excluding steroid dienone is 2. The van der Waals surface area contributed by atoms with E-state index in [4.69, 9.17) is 23.7 Å². The Kier molecular flexibility index (Phi) is 12.0. The molecule has 1 aliphatic rings. The highest BCUT2D eigenvalue weighted by atomic mass is 16.7. The predicted molar refractivity (Wildman–Crippen MR) is 171 cm³/mol. The first-order valence-electron chi connectivity index (χ1n) is 15.1. The van der Waals surface area contributed by atoms with E-state index < -0.39 is 60.8 Å². The van der Waals surface area contributed by atoms with Gasteiger partial charge >= 0.3 is 17.9 Å². The zero-order valence-corrected chi connectivity index (χ0v) is 26.2. The summed E-state index contributed by atoms with van der Waals surface area (Å²) >= 11 is 0. The van der Waals surface area contributed by atoms with Gasteiger partial charge < -0.3 is 28.8 Å². The van der Waals surface area contributed by atoms with Crippen LogP contribution in [-0.2, 0) is 23.7 Å². The highest BCUT2D eigenvalue weighted by Crippen LogP contribution is 2.34. The van der Waals surface area contributed by atoms with Gasteiger partial charge in [-0.25, -0.2) is 14.4 Å². The molecule has 3 aromatic carbocycles. The molecular weight excluding hydrogens is 588 g/mol. The van der Waals surface area contributed by atoms with Crippen molar-refractivity contribution in [1.29, 1.82) is 0 Å². The van der Waals surface area contributed by atoms with Gasteiger partial charge in [-0.1, -0.05) is 72.3 Å². The van der Waals surface area contributed by atoms with E-state index in [2.05, 4.69) is 12.7 Å². The third-order valence-electron chi connectivity index (χ3n) is 7.54. The van der Waals surface area contributed by atoms with Gasteiger partial charge in [0.05, 0.1) is 28.9 Å². The number of rotatable bonds is 13. The molecule has 0 bridgehead atoms. The fraction of sp³-hybridized carbons (Fsp3) is 0.324. The first kappa shape index (κ1) is 34.3. The van der Waals surface area contributed by atoms with Gasteiger partial charge in [-0.3, -0.25) is 0 Å². The Morgan fingerprint density at radius 2 is 1.20 bits per heavy atom. The van der Waals surface area contributed by atoms with Gasteiger partial charge in [-0.15, -0.1) is 6.58 Å². The summed E-state index contributed by atoms with van der Waals surface area (Å²) in [4.78, 5) is 40.3. The Hall–Kier alpha value is -4.57. The number of hydrogen-bond donors (Lipinski definition) is 1. The van der Waals surface area contributed by atoms with Gasteiger partial charge in [-0.2, -0.15) is 0 Å². The quantitative estimate of drug-likeness (QED) is 0.136. The van der Waals surface area contributed by atoms with Crippen LogP contribution in [0.15, 0.2) is 115 Å². The molecule has 1 N–H and O–H groups in total. The van der Waals surface area contributed by atoms with Crippen LogP contribution in [0.5, 0.6) is 0 Å². The molecular formula is C37H40O9. The van der Waals surface area contributed by atoms with Gasteiger partial charge in [0.25, 0.3) is 0 Å². The minimum atomic E-state index is -1.45. The standard InChI is InChI=1S/C37H40O9/c1-5-37(4,23-15-16-25(2)3)46-36-32(45-35(41)28-21-13-8-14-22-28)31(44-34(40)27-19-11-7-12-20-27)30(29(24-38)42-36)43-33(39)26-17-9-6-10-18-26/h5-14,16-22,29-32,36,38H,1,15,23-24H2,2-4H3/t29-,30-,31+,32-,36+,37+/m1/s1. The average molecular weight is 629 g/mol. The molecule has 1 aliphatic heterocycles. The van der Waals surface area contributed by atoms with Crippen LogP contribution in [0.3, 0.4) is 0 Å². The number of carbonyl (C=O) groups excluding carboxylic acids is 3. The van der Waals surface area contributed by atoms with Crippen LogP contribution in [-0.4, -0.2) is 65.9 Å². The minimum absolute atomic E-state index is 0.214. The minimum Gasteiger partial charge on any atom is -0.452 e. The Balaban J connectivity index is 1.76. The van der Waals surface area contributed by atoms with E-state index in [9.17, 15) is 19.5 Å². The van der Waals surface area contributed by atoms with Crippen molar-refractivity contribution in [2.45, 2.75) is 69.9 Å². The third kappa shape index (κ3) is 9.00. The molecule has 0 unspecified atom stereocenters. The molecule has 9 heteroatoms. The number of aliphatic hydroxyl groups excluding tert-OH is 1. The van der Waals surface area contributed by atoms with E-state index in [1.165, 1.54) is 0 Å². The summed E-state index contributed by atoms with van der Waals surface area (Å²) in [5.41, 5.74) is 0.807. The van der Waals surface area contributed by atoms with Gasteiger partial charge in [0.15, 0.2) is 24.6 Å². The van der Waals surface area contributed by atoms with Crippen molar-refractivity contribution in [3.63, 3.8) is 0 Å². The monoisotopic (exact) mass is 628 g/mol. The van der Waals surface area contributed by atoms with Gasteiger partial charge in [0.2, 0.25) is 0 Å². The molecule has 1 fully saturated rings. The number of benzene rings is 3. The Labute approximate surface area is 269 Å². The zero-order chi connectivity index (χ0) is 33.1. The molecule has 6 atom stereocenters. The largest absolute Gasteiger partial charge is 0.452 e. The van der Waals surface area contributed by atoms with Crippen LogP contribution in [0.2, 0.25) is 0 Å². The van der Waals surface area contributed by atoms with Gasteiger partial charge in [0.1, 0.15) is 6.10 Å². The van der Waals surface area contributed by atoms with Crippen molar-refractivity contribution in [3.8, 4) is 0 Å². The van der Waals surface area contributed by atoms with E-state index in [0.717, 1.165) is 5.57 Å². The van der Waals surface area contributed by atoms with Crippen LogP contribution < -0.4 is 0 Å². The lowest BCUT2D eigenvalue weighted by Gasteiger charge is -2.46. The molecule has 46 heavy (non-hydrogen) atoms. The van der Waals surface area contributed by atoms with Crippen molar-refractivity contribution < 1.29 is 43.2 Å². The summed E-state index contributed by atoms with van der Waals surface area (Å²) < 4.78 is 30.5. The molecule has 9 nitrogen and oxygen atoms in total. The van der Waals surface area contributed by atoms with Gasteiger partial charge in [0, 0.05) is 0 Å². The number of hydrogen-bond acceptors (Lipinski definition) is 9. The topological polar surface area (TPSA) is 118 Å². The SMILES string of the molecule is C=C[C@@](C)(CCC=C(C)C)O[C@@H]1O[C@H](CO)[C@@H](OC(=O)c2ccccc2)[C@H](OC(=O)c2ccccc2)[C@H]1OC(=O)c1ccccc1. The Bertz CT molecular complexity index is 1480. The first-order valence-corrected chi connectivity index (χ1v) is 15.1. The lowest BCUT2D eigenvalue weighted by atomic mass is 9.95. The lowest BCUT2D eigenvalue weighted by molar-refractivity contribution is -0.317. The maximum Gasteiger partial charge on any atom is 0.338 e. The molecule has 242 valence electrons. The van der Waals surface area contributed by atoms with Crippen molar-refractivity contribution in [2.24, 2.45) is 0 Å².